The van der Waals surface area contributed by atoms with Crippen LogP contribution in [0.4, 0.5) is 4.79 Å². The van der Waals surface area contributed by atoms with E-state index in [4.69, 9.17) is 14.6 Å². The van der Waals surface area contributed by atoms with E-state index in [-0.39, 0.29) is 6.04 Å². The van der Waals surface area contributed by atoms with E-state index in [1.807, 2.05) is 0 Å². The Kier molecular flexibility index (Phi) is 4.56. The molecule has 0 aliphatic rings. The fourth-order valence-electron chi connectivity index (χ4n) is 1.47. The number of hydrogen-bond donors (Lipinski definition) is 2. The SMILES string of the molecule is COc1ccc(OC)c(CC(C)NC(=O)O)n1. The second-order valence-electron chi connectivity index (χ2n) is 3.56. The lowest BCUT2D eigenvalue weighted by atomic mass is 10.1. The number of carboxylic acid groups (broad SMARTS) is 1. The second-order valence-corrected chi connectivity index (χ2v) is 3.56. The van der Waals surface area contributed by atoms with Gasteiger partial charge in [-0.15, -0.1) is 0 Å². The third kappa shape index (κ3) is 3.82. The summed E-state index contributed by atoms with van der Waals surface area (Å²) < 4.78 is 10.2. The number of hydrogen-bond acceptors (Lipinski definition) is 4. The van der Waals surface area contributed by atoms with Gasteiger partial charge in [-0.05, 0) is 13.0 Å². The zero-order chi connectivity index (χ0) is 12.8. The summed E-state index contributed by atoms with van der Waals surface area (Å²) >= 11 is 0. The highest BCUT2D eigenvalue weighted by molar-refractivity contribution is 5.64. The van der Waals surface area contributed by atoms with Gasteiger partial charge in [0, 0.05) is 18.5 Å². The molecule has 0 aromatic carbocycles. The summed E-state index contributed by atoms with van der Waals surface area (Å²) in [6, 6.07) is 3.19. The Morgan fingerprint density at radius 2 is 2.18 bits per heavy atom. The van der Waals surface area contributed by atoms with Gasteiger partial charge in [-0.25, -0.2) is 9.78 Å². The molecule has 1 unspecified atom stereocenters. The van der Waals surface area contributed by atoms with Crippen LogP contribution in [0.25, 0.3) is 0 Å². The van der Waals surface area contributed by atoms with E-state index >= 15 is 0 Å². The van der Waals surface area contributed by atoms with E-state index in [1.165, 1.54) is 7.11 Å². The number of carbonyl (C=O) groups is 1. The van der Waals surface area contributed by atoms with Gasteiger partial charge in [0.1, 0.15) is 5.75 Å². The summed E-state index contributed by atoms with van der Waals surface area (Å²) in [5.41, 5.74) is 0.660. The van der Waals surface area contributed by atoms with Gasteiger partial charge < -0.3 is 19.9 Å². The number of methoxy groups -OCH3 is 2. The van der Waals surface area contributed by atoms with E-state index in [1.54, 1.807) is 26.2 Å². The van der Waals surface area contributed by atoms with Crippen LogP contribution in [0, 0.1) is 0 Å². The predicted molar refractivity (Wildman–Crippen MR) is 61.7 cm³/mol. The van der Waals surface area contributed by atoms with Crippen molar-refractivity contribution >= 4 is 6.09 Å². The molecule has 0 saturated heterocycles. The number of pyridine rings is 1. The zero-order valence-electron chi connectivity index (χ0n) is 10.1. The number of nitrogens with zero attached hydrogens (tertiary/aromatic N) is 1. The Labute approximate surface area is 99.6 Å². The largest absolute Gasteiger partial charge is 0.495 e. The van der Waals surface area contributed by atoms with Crippen molar-refractivity contribution in [1.82, 2.24) is 10.3 Å². The van der Waals surface area contributed by atoms with Crippen molar-refractivity contribution in [2.24, 2.45) is 0 Å². The third-order valence-corrected chi connectivity index (χ3v) is 2.21. The average molecular weight is 240 g/mol. The molecule has 0 saturated carbocycles. The lowest BCUT2D eigenvalue weighted by Gasteiger charge is -2.14. The number of amides is 1. The Hall–Kier alpha value is -1.98. The summed E-state index contributed by atoms with van der Waals surface area (Å²) in [5.74, 6) is 1.09. The number of ether oxygens (including phenoxy) is 2. The summed E-state index contributed by atoms with van der Waals surface area (Å²) in [7, 11) is 3.07. The van der Waals surface area contributed by atoms with Gasteiger partial charge in [0.15, 0.2) is 0 Å². The molecule has 1 atom stereocenters. The quantitative estimate of drug-likeness (QED) is 0.810. The van der Waals surface area contributed by atoms with Crippen molar-refractivity contribution in [3.8, 4) is 11.6 Å². The first-order valence-electron chi connectivity index (χ1n) is 5.14. The van der Waals surface area contributed by atoms with Crippen molar-refractivity contribution in [1.29, 1.82) is 0 Å². The fourth-order valence-corrected chi connectivity index (χ4v) is 1.47. The van der Waals surface area contributed by atoms with Crippen LogP contribution in [-0.4, -0.2) is 36.4 Å². The minimum absolute atomic E-state index is 0.249. The van der Waals surface area contributed by atoms with E-state index in [2.05, 4.69) is 10.3 Å². The van der Waals surface area contributed by atoms with E-state index in [0.29, 0.717) is 23.7 Å². The highest BCUT2D eigenvalue weighted by Gasteiger charge is 2.12. The maximum absolute atomic E-state index is 10.5. The van der Waals surface area contributed by atoms with Crippen LogP contribution in [0.2, 0.25) is 0 Å². The van der Waals surface area contributed by atoms with E-state index < -0.39 is 6.09 Å². The molecule has 1 heterocycles. The van der Waals surface area contributed by atoms with Gasteiger partial charge in [-0.1, -0.05) is 0 Å². The van der Waals surface area contributed by atoms with Gasteiger partial charge >= 0.3 is 6.09 Å². The molecule has 1 rings (SSSR count). The van der Waals surface area contributed by atoms with Crippen LogP contribution < -0.4 is 14.8 Å². The van der Waals surface area contributed by atoms with E-state index in [9.17, 15) is 4.79 Å². The molecule has 0 radical (unpaired) electrons. The zero-order valence-corrected chi connectivity index (χ0v) is 10.1. The maximum Gasteiger partial charge on any atom is 0.404 e. The Bertz CT molecular complexity index is 395. The topological polar surface area (TPSA) is 80.7 Å². The number of aromatic nitrogens is 1. The molecule has 2 N–H and O–H groups in total. The van der Waals surface area contributed by atoms with Crippen molar-refractivity contribution < 1.29 is 19.4 Å². The molecule has 0 bridgehead atoms. The average Bonchev–Trinajstić information content (AvgIpc) is 2.27. The summed E-state index contributed by atoms with van der Waals surface area (Å²) in [6.45, 7) is 1.76. The molecule has 94 valence electrons. The Morgan fingerprint density at radius 3 is 2.71 bits per heavy atom. The van der Waals surface area contributed by atoms with Crippen LogP contribution in [0.5, 0.6) is 11.6 Å². The van der Waals surface area contributed by atoms with E-state index in [0.717, 1.165) is 0 Å². The summed E-state index contributed by atoms with van der Waals surface area (Å²) in [6.07, 6.45) is -0.619. The normalized spacial score (nSPS) is 11.7. The molecular formula is C11H16N2O4. The molecular weight excluding hydrogens is 224 g/mol. The van der Waals surface area contributed by atoms with Crippen LogP contribution in [0.3, 0.4) is 0 Å². The lowest BCUT2D eigenvalue weighted by molar-refractivity contribution is 0.190. The highest BCUT2D eigenvalue weighted by Crippen LogP contribution is 2.21. The molecule has 0 aliphatic heterocycles. The minimum Gasteiger partial charge on any atom is -0.495 e. The minimum atomic E-state index is -1.06. The molecule has 6 heteroatoms. The second kappa shape index (κ2) is 5.93. The van der Waals surface area contributed by atoms with Crippen LogP contribution in [0.15, 0.2) is 12.1 Å². The molecule has 1 aromatic heterocycles. The number of rotatable bonds is 5. The highest BCUT2D eigenvalue weighted by atomic mass is 16.5. The van der Waals surface area contributed by atoms with Gasteiger partial charge in [-0.2, -0.15) is 0 Å². The molecule has 1 aromatic rings. The van der Waals surface area contributed by atoms with Crippen LogP contribution >= 0.6 is 0 Å². The van der Waals surface area contributed by atoms with Gasteiger partial charge in [0.25, 0.3) is 0 Å². The summed E-state index contributed by atoms with van der Waals surface area (Å²) in [5, 5.41) is 11.0. The molecule has 0 fully saturated rings. The first-order chi connectivity index (χ1) is 8.06. The van der Waals surface area contributed by atoms with Gasteiger partial charge in [0.2, 0.25) is 5.88 Å². The summed E-state index contributed by atoms with van der Waals surface area (Å²) in [4.78, 5) is 14.7. The van der Waals surface area contributed by atoms with Gasteiger partial charge in [0.05, 0.1) is 19.9 Å². The molecule has 17 heavy (non-hydrogen) atoms. The van der Waals surface area contributed by atoms with Crippen molar-refractivity contribution in [2.45, 2.75) is 19.4 Å². The maximum atomic E-state index is 10.5. The standard InChI is InChI=1S/C11H16N2O4/c1-7(12-11(14)15)6-8-9(16-2)4-5-10(13-8)17-3/h4-5,7,12H,6H2,1-3H3,(H,14,15). The van der Waals surface area contributed by atoms with Crippen LogP contribution in [0.1, 0.15) is 12.6 Å². The fraction of sp³-hybridized carbons (Fsp3) is 0.455. The van der Waals surface area contributed by atoms with Crippen molar-refractivity contribution in [3.05, 3.63) is 17.8 Å². The predicted octanol–water partition coefficient (Wildman–Crippen LogP) is 1.30. The molecule has 0 aliphatic carbocycles. The smallest absolute Gasteiger partial charge is 0.404 e. The molecule has 6 nitrogen and oxygen atoms in total. The Morgan fingerprint density at radius 1 is 1.47 bits per heavy atom. The lowest BCUT2D eigenvalue weighted by Crippen LogP contribution is -2.33. The molecule has 1 amide bonds. The van der Waals surface area contributed by atoms with Crippen molar-refractivity contribution in [3.63, 3.8) is 0 Å². The van der Waals surface area contributed by atoms with Crippen molar-refractivity contribution in [2.75, 3.05) is 14.2 Å². The molecule has 0 spiro atoms. The first-order valence-corrected chi connectivity index (χ1v) is 5.14. The van der Waals surface area contributed by atoms with Crippen LogP contribution in [-0.2, 0) is 6.42 Å². The van der Waals surface area contributed by atoms with Gasteiger partial charge in [-0.3, -0.25) is 0 Å². The first kappa shape index (κ1) is 13.1. The Balaban J connectivity index is 2.83. The monoisotopic (exact) mass is 240 g/mol. The number of nitrogens with one attached hydrogen (secondary N) is 1. The third-order valence-electron chi connectivity index (χ3n) is 2.21.